The van der Waals surface area contributed by atoms with Gasteiger partial charge in [-0.3, -0.25) is 4.79 Å². The lowest BCUT2D eigenvalue weighted by molar-refractivity contribution is 0.0953. The summed E-state index contributed by atoms with van der Waals surface area (Å²) in [4.78, 5) is 17.2. The first-order chi connectivity index (χ1) is 18.7. The average molecular weight is 526 g/mol. The molecule has 5 aromatic rings. The van der Waals surface area contributed by atoms with Gasteiger partial charge in [-0.2, -0.15) is 0 Å². The number of aromatic nitrogens is 2. The molecule has 0 bridgehead atoms. The van der Waals surface area contributed by atoms with Crippen LogP contribution in [0.5, 0.6) is 5.75 Å². The first-order valence-corrected chi connectivity index (χ1v) is 13.7. The smallest absolute Gasteiger partial charge is 0.252 e. The number of unbranched alkanes of at least 4 members (excludes halogenated alkanes) is 2. The van der Waals surface area contributed by atoms with E-state index >= 15 is 0 Å². The van der Waals surface area contributed by atoms with Gasteiger partial charge in [-0.1, -0.05) is 72.6 Å². The Morgan fingerprint density at radius 2 is 1.63 bits per heavy atom. The van der Waals surface area contributed by atoms with Gasteiger partial charge >= 0.3 is 0 Å². The monoisotopic (exact) mass is 525 g/mol. The molecule has 194 valence electrons. The number of carbonyl (C=O) groups is 1. The third-order valence-corrected chi connectivity index (χ3v) is 7.06. The number of aryl methyl sites for hydroxylation is 2. The van der Waals surface area contributed by atoms with Crippen molar-refractivity contribution < 1.29 is 9.53 Å². The molecule has 1 N–H and O–H groups in total. The molecule has 38 heavy (non-hydrogen) atoms. The molecule has 5 nitrogen and oxygen atoms in total. The maximum atomic E-state index is 12.3. The van der Waals surface area contributed by atoms with E-state index in [2.05, 4.69) is 64.5 Å². The normalized spacial score (nSPS) is 11.2. The van der Waals surface area contributed by atoms with E-state index < -0.39 is 0 Å². The number of amides is 1. The van der Waals surface area contributed by atoms with Crippen molar-refractivity contribution >= 4 is 39.3 Å². The molecule has 0 aliphatic carbocycles. The number of ether oxygens (including phenoxy) is 1. The Balaban J connectivity index is 1.11. The SMILES string of the molecule is O=C(NCCCCCc1nc2ccccc2n1CCCOc1ccc2ccccc2c1)c1ccccc1Cl. The quantitative estimate of drug-likeness (QED) is 0.172. The number of imidazole rings is 1. The van der Waals surface area contributed by atoms with Crippen LogP contribution in [0.4, 0.5) is 0 Å². The first kappa shape index (κ1) is 25.8. The predicted octanol–water partition coefficient (Wildman–Crippen LogP) is 7.45. The minimum Gasteiger partial charge on any atom is -0.494 e. The summed E-state index contributed by atoms with van der Waals surface area (Å²) in [7, 11) is 0. The van der Waals surface area contributed by atoms with Crippen molar-refractivity contribution in [3.05, 3.63) is 107 Å². The zero-order valence-corrected chi connectivity index (χ0v) is 22.2. The predicted molar refractivity (Wildman–Crippen MR) is 155 cm³/mol. The topological polar surface area (TPSA) is 56.2 Å². The number of nitrogens with one attached hydrogen (secondary N) is 1. The fourth-order valence-corrected chi connectivity index (χ4v) is 4.98. The molecule has 0 saturated heterocycles. The second-order valence-electron chi connectivity index (χ2n) is 9.43. The average Bonchev–Trinajstić information content (AvgIpc) is 3.30. The number of benzene rings is 4. The number of para-hydroxylation sites is 2. The van der Waals surface area contributed by atoms with E-state index in [0.29, 0.717) is 23.7 Å². The van der Waals surface area contributed by atoms with Crippen molar-refractivity contribution in [2.45, 2.75) is 38.6 Å². The number of carbonyl (C=O) groups excluding carboxylic acids is 1. The Bertz CT molecular complexity index is 1530. The van der Waals surface area contributed by atoms with E-state index in [9.17, 15) is 4.79 Å². The van der Waals surface area contributed by atoms with Crippen molar-refractivity contribution in [1.29, 1.82) is 0 Å². The minimum absolute atomic E-state index is 0.122. The largest absolute Gasteiger partial charge is 0.494 e. The highest BCUT2D eigenvalue weighted by Crippen LogP contribution is 2.22. The highest BCUT2D eigenvalue weighted by Gasteiger charge is 2.11. The molecular weight excluding hydrogens is 494 g/mol. The van der Waals surface area contributed by atoms with Gasteiger partial charge in [0.2, 0.25) is 0 Å². The number of rotatable bonds is 12. The molecule has 0 aliphatic rings. The summed E-state index contributed by atoms with van der Waals surface area (Å²) in [6.07, 6.45) is 4.74. The summed E-state index contributed by atoms with van der Waals surface area (Å²) in [6.45, 7) is 2.14. The van der Waals surface area contributed by atoms with E-state index in [4.69, 9.17) is 21.3 Å². The second-order valence-corrected chi connectivity index (χ2v) is 9.83. The van der Waals surface area contributed by atoms with Crippen LogP contribution in [0.2, 0.25) is 5.02 Å². The number of hydrogen-bond donors (Lipinski definition) is 1. The summed E-state index contributed by atoms with van der Waals surface area (Å²) in [6, 6.07) is 30.0. The van der Waals surface area contributed by atoms with Gasteiger partial charge in [0.1, 0.15) is 11.6 Å². The second kappa shape index (κ2) is 12.6. The molecule has 0 aliphatic heterocycles. The van der Waals surface area contributed by atoms with Gasteiger partial charge in [0.25, 0.3) is 5.91 Å². The molecule has 0 unspecified atom stereocenters. The molecule has 1 amide bonds. The lowest BCUT2D eigenvalue weighted by Gasteiger charge is -2.11. The van der Waals surface area contributed by atoms with Crippen LogP contribution in [-0.4, -0.2) is 28.6 Å². The van der Waals surface area contributed by atoms with E-state index in [1.165, 1.54) is 16.3 Å². The van der Waals surface area contributed by atoms with E-state index in [0.717, 1.165) is 55.7 Å². The van der Waals surface area contributed by atoms with Crippen LogP contribution in [0.25, 0.3) is 21.8 Å². The van der Waals surface area contributed by atoms with Gasteiger partial charge in [-0.15, -0.1) is 0 Å². The molecule has 0 spiro atoms. The van der Waals surface area contributed by atoms with Crippen molar-refractivity contribution in [1.82, 2.24) is 14.9 Å². The Morgan fingerprint density at radius 1 is 0.842 bits per heavy atom. The van der Waals surface area contributed by atoms with Crippen LogP contribution in [0.1, 0.15) is 41.9 Å². The molecule has 0 saturated carbocycles. The van der Waals surface area contributed by atoms with E-state index in [1.54, 1.807) is 12.1 Å². The fourth-order valence-electron chi connectivity index (χ4n) is 4.76. The number of nitrogens with zero attached hydrogens (tertiary/aromatic N) is 2. The van der Waals surface area contributed by atoms with Gasteiger partial charge in [-0.05, 0) is 66.4 Å². The molecule has 1 aromatic heterocycles. The summed E-state index contributed by atoms with van der Waals surface area (Å²) in [5, 5.41) is 5.86. The fraction of sp³-hybridized carbons (Fsp3) is 0.250. The van der Waals surface area contributed by atoms with Gasteiger partial charge < -0.3 is 14.6 Å². The third kappa shape index (κ3) is 6.35. The zero-order valence-electron chi connectivity index (χ0n) is 21.4. The first-order valence-electron chi connectivity index (χ1n) is 13.3. The lowest BCUT2D eigenvalue weighted by atomic mass is 10.1. The van der Waals surface area contributed by atoms with Crippen molar-refractivity contribution in [2.75, 3.05) is 13.2 Å². The third-order valence-electron chi connectivity index (χ3n) is 6.73. The summed E-state index contributed by atoms with van der Waals surface area (Å²) in [5.74, 6) is 1.89. The molecule has 0 radical (unpaired) electrons. The summed E-state index contributed by atoms with van der Waals surface area (Å²) >= 11 is 6.12. The van der Waals surface area contributed by atoms with Gasteiger partial charge in [0, 0.05) is 19.5 Å². The van der Waals surface area contributed by atoms with Gasteiger partial charge in [0.15, 0.2) is 0 Å². The van der Waals surface area contributed by atoms with Gasteiger partial charge in [0.05, 0.1) is 28.2 Å². The lowest BCUT2D eigenvalue weighted by Crippen LogP contribution is -2.24. The zero-order chi connectivity index (χ0) is 26.2. The number of hydrogen-bond acceptors (Lipinski definition) is 3. The Kier molecular flexibility index (Phi) is 8.56. The molecule has 0 atom stereocenters. The molecule has 0 fully saturated rings. The Labute approximate surface area is 228 Å². The van der Waals surface area contributed by atoms with Crippen LogP contribution < -0.4 is 10.1 Å². The molecule has 4 aromatic carbocycles. The molecule has 1 heterocycles. The van der Waals surface area contributed by atoms with Crippen molar-refractivity contribution in [3.63, 3.8) is 0 Å². The van der Waals surface area contributed by atoms with Crippen molar-refractivity contribution in [2.24, 2.45) is 0 Å². The maximum absolute atomic E-state index is 12.3. The highest BCUT2D eigenvalue weighted by atomic mass is 35.5. The maximum Gasteiger partial charge on any atom is 0.252 e. The van der Waals surface area contributed by atoms with Crippen LogP contribution in [0.15, 0.2) is 91.0 Å². The van der Waals surface area contributed by atoms with E-state index in [1.807, 2.05) is 24.3 Å². The van der Waals surface area contributed by atoms with E-state index in [-0.39, 0.29) is 5.91 Å². The number of halogens is 1. The van der Waals surface area contributed by atoms with Crippen LogP contribution in [0, 0.1) is 0 Å². The van der Waals surface area contributed by atoms with Gasteiger partial charge in [-0.25, -0.2) is 4.98 Å². The molecule has 5 rings (SSSR count). The Morgan fingerprint density at radius 3 is 2.53 bits per heavy atom. The minimum atomic E-state index is -0.122. The standard InChI is InChI=1S/C32H32ClN3O2/c33-28-14-6-5-13-27(28)32(37)34-20-9-1-2-17-31-35-29-15-7-8-16-30(29)36(31)21-10-22-38-26-19-18-24-11-3-4-12-25(24)23-26/h3-8,11-16,18-19,23H,1-2,9-10,17,20-22H2,(H,34,37). The highest BCUT2D eigenvalue weighted by molar-refractivity contribution is 6.33. The molecule has 6 heteroatoms. The molecular formula is C32H32ClN3O2. The van der Waals surface area contributed by atoms with Crippen molar-refractivity contribution in [3.8, 4) is 5.75 Å². The summed E-state index contributed by atoms with van der Waals surface area (Å²) < 4.78 is 8.40. The van der Waals surface area contributed by atoms with Crippen LogP contribution >= 0.6 is 11.6 Å². The summed E-state index contributed by atoms with van der Waals surface area (Å²) in [5.41, 5.74) is 2.72. The number of fused-ring (bicyclic) bond motifs is 2. The van der Waals surface area contributed by atoms with Crippen LogP contribution in [0.3, 0.4) is 0 Å². The van der Waals surface area contributed by atoms with Crippen LogP contribution in [-0.2, 0) is 13.0 Å². The Hall–Kier alpha value is -3.83.